The lowest BCUT2D eigenvalue weighted by Gasteiger charge is -2.23. The van der Waals surface area contributed by atoms with Crippen molar-refractivity contribution < 1.29 is 13.2 Å². The number of nitrogens with zero attached hydrogens (tertiary/aromatic N) is 1. The monoisotopic (exact) mass is 245 g/mol. The van der Waals surface area contributed by atoms with Crippen molar-refractivity contribution in [3.63, 3.8) is 0 Å². The zero-order chi connectivity index (χ0) is 13.2. The van der Waals surface area contributed by atoms with Gasteiger partial charge in [-0.1, -0.05) is 6.58 Å². The number of nitrogen functional groups attached to an aromatic ring is 1. The number of nitrogens with two attached hydrogens (primary N) is 2. The van der Waals surface area contributed by atoms with Crippen LogP contribution in [0.3, 0.4) is 0 Å². The molecule has 0 saturated heterocycles. The van der Waals surface area contributed by atoms with Gasteiger partial charge in [0.1, 0.15) is 0 Å². The number of anilines is 2. The van der Waals surface area contributed by atoms with E-state index >= 15 is 0 Å². The van der Waals surface area contributed by atoms with Crippen LogP contribution in [0.1, 0.15) is 5.56 Å². The summed E-state index contributed by atoms with van der Waals surface area (Å²) < 4.78 is 37.3. The van der Waals surface area contributed by atoms with Gasteiger partial charge in [-0.2, -0.15) is 13.2 Å². The second-order valence-electron chi connectivity index (χ2n) is 3.60. The highest BCUT2D eigenvalue weighted by Crippen LogP contribution is 2.34. The van der Waals surface area contributed by atoms with Gasteiger partial charge in [0.25, 0.3) is 0 Å². The number of rotatable bonds is 3. The minimum Gasteiger partial charge on any atom is -0.397 e. The summed E-state index contributed by atoms with van der Waals surface area (Å²) in [6.45, 7) is 3.89. The Morgan fingerprint density at radius 1 is 1.41 bits per heavy atom. The normalized spacial score (nSPS) is 11.4. The lowest BCUT2D eigenvalue weighted by atomic mass is 10.1. The summed E-state index contributed by atoms with van der Waals surface area (Å²) in [7, 11) is 1.65. The van der Waals surface area contributed by atoms with E-state index in [2.05, 4.69) is 6.58 Å². The molecule has 1 aromatic rings. The van der Waals surface area contributed by atoms with Crippen molar-refractivity contribution in [1.29, 1.82) is 0 Å². The van der Waals surface area contributed by atoms with Crippen LogP contribution in [0.25, 0.3) is 0 Å². The van der Waals surface area contributed by atoms with E-state index in [0.717, 1.165) is 12.1 Å². The van der Waals surface area contributed by atoms with Gasteiger partial charge in [0.2, 0.25) is 0 Å². The molecule has 0 aromatic heterocycles. The van der Waals surface area contributed by atoms with Gasteiger partial charge in [0.15, 0.2) is 0 Å². The summed E-state index contributed by atoms with van der Waals surface area (Å²) in [5, 5.41) is 0. The Hall–Kier alpha value is -1.69. The zero-order valence-electron chi connectivity index (χ0n) is 9.38. The van der Waals surface area contributed by atoms with E-state index in [1.165, 1.54) is 6.07 Å². The van der Waals surface area contributed by atoms with E-state index < -0.39 is 11.7 Å². The lowest BCUT2D eigenvalue weighted by Crippen LogP contribution is -2.23. The number of hydrogen-bond donors (Lipinski definition) is 2. The first-order valence-corrected chi connectivity index (χ1v) is 4.85. The van der Waals surface area contributed by atoms with Crippen LogP contribution in [-0.2, 0) is 6.18 Å². The van der Waals surface area contributed by atoms with Crippen LogP contribution in [0.15, 0.2) is 30.5 Å². The first kappa shape index (κ1) is 13.4. The first-order chi connectivity index (χ1) is 7.77. The molecule has 0 aliphatic heterocycles. The van der Waals surface area contributed by atoms with Crippen LogP contribution < -0.4 is 16.4 Å². The number of hydrogen-bond acceptors (Lipinski definition) is 3. The molecule has 0 aliphatic carbocycles. The molecule has 0 fully saturated rings. The van der Waals surface area contributed by atoms with Gasteiger partial charge < -0.3 is 16.4 Å². The predicted octanol–water partition coefficient (Wildman–Crippen LogP) is 2.20. The van der Waals surface area contributed by atoms with E-state index in [9.17, 15) is 13.2 Å². The van der Waals surface area contributed by atoms with Crippen LogP contribution in [-0.4, -0.2) is 13.6 Å². The lowest BCUT2D eigenvalue weighted by molar-refractivity contribution is -0.137. The molecule has 0 spiro atoms. The average Bonchev–Trinajstić information content (AvgIpc) is 2.25. The van der Waals surface area contributed by atoms with Crippen molar-refractivity contribution >= 4 is 11.4 Å². The third-order valence-corrected chi connectivity index (χ3v) is 2.43. The summed E-state index contributed by atoms with van der Waals surface area (Å²) in [4.78, 5) is 1.56. The fraction of sp³-hybridized carbons (Fsp3) is 0.273. The minimum atomic E-state index is -4.39. The van der Waals surface area contributed by atoms with Crippen LogP contribution in [0, 0.1) is 0 Å². The van der Waals surface area contributed by atoms with E-state index in [0.29, 0.717) is 11.4 Å². The Balaban J connectivity index is 3.10. The number of likely N-dealkylation sites (N-methyl/N-ethyl adjacent to an activating group) is 1. The van der Waals surface area contributed by atoms with Crippen molar-refractivity contribution in [2.75, 3.05) is 24.2 Å². The van der Waals surface area contributed by atoms with Crippen molar-refractivity contribution in [2.24, 2.45) is 5.73 Å². The molecule has 0 aliphatic rings. The SMILES string of the molecule is C=C(CN)N(C)c1ccc(C(F)(F)F)cc1N. The highest BCUT2D eigenvalue weighted by atomic mass is 19.4. The second-order valence-corrected chi connectivity index (χ2v) is 3.60. The Morgan fingerprint density at radius 3 is 2.41 bits per heavy atom. The van der Waals surface area contributed by atoms with Gasteiger partial charge >= 0.3 is 6.18 Å². The maximum absolute atomic E-state index is 12.4. The molecule has 6 heteroatoms. The quantitative estimate of drug-likeness (QED) is 0.803. The molecule has 0 unspecified atom stereocenters. The molecular formula is C11H14F3N3. The highest BCUT2D eigenvalue weighted by molar-refractivity contribution is 5.70. The summed E-state index contributed by atoms with van der Waals surface area (Å²) in [6, 6.07) is 3.18. The van der Waals surface area contributed by atoms with Crippen LogP contribution in [0.4, 0.5) is 24.5 Å². The fourth-order valence-electron chi connectivity index (χ4n) is 1.34. The molecule has 0 radical (unpaired) electrons. The molecule has 4 N–H and O–H groups in total. The molecule has 0 bridgehead atoms. The Kier molecular flexibility index (Phi) is 3.67. The summed E-state index contributed by atoms with van der Waals surface area (Å²) >= 11 is 0. The van der Waals surface area contributed by atoms with E-state index in [1.807, 2.05) is 0 Å². The smallest absolute Gasteiger partial charge is 0.397 e. The van der Waals surface area contributed by atoms with E-state index in [4.69, 9.17) is 11.5 Å². The largest absolute Gasteiger partial charge is 0.416 e. The third-order valence-electron chi connectivity index (χ3n) is 2.43. The summed E-state index contributed by atoms with van der Waals surface area (Å²) in [5.74, 6) is 0. The molecule has 1 aromatic carbocycles. The van der Waals surface area contributed by atoms with Crippen LogP contribution in [0.5, 0.6) is 0 Å². The fourth-order valence-corrected chi connectivity index (χ4v) is 1.34. The van der Waals surface area contributed by atoms with Gasteiger partial charge in [-0.3, -0.25) is 0 Å². The van der Waals surface area contributed by atoms with Gasteiger partial charge in [-0.05, 0) is 18.2 Å². The second kappa shape index (κ2) is 4.67. The number of benzene rings is 1. The molecular weight excluding hydrogens is 231 g/mol. The summed E-state index contributed by atoms with van der Waals surface area (Å²) in [6.07, 6.45) is -4.39. The van der Waals surface area contributed by atoms with Crippen LogP contribution >= 0.6 is 0 Å². The highest BCUT2D eigenvalue weighted by Gasteiger charge is 2.31. The predicted molar refractivity (Wildman–Crippen MR) is 62.5 cm³/mol. The molecule has 0 amide bonds. The van der Waals surface area contributed by atoms with E-state index in [1.54, 1.807) is 11.9 Å². The Labute approximate surface area is 97.5 Å². The number of alkyl halides is 3. The van der Waals surface area contributed by atoms with E-state index in [-0.39, 0.29) is 12.2 Å². The topological polar surface area (TPSA) is 55.3 Å². The van der Waals surface area contributed by atoms with Crippen molar-refractivity contribution in [3.05, 3.63) is 36.0 Å². The third kappa shape index (κ3) is 2.91. The first-order valence-electron chi connectivity index (χ1n) is 4.85. The minimum absolute atomic E-state index is 0.0388. The molecule has 0 heterocycles. The number of halogens is 3. The van der Waals surface area contributed by atoms with Crippen molar-refractivity contribution in [1.82, 2.24) is 0 Å². The molecule has 17 heavy (non-hydrogen) atoms. The van der Waals surface area contributed by atoms with Gasteiger partial charge in [0.05, 0.1) is 16.9 Å². The molecule has 0 atom stereocenters. The van der Waals surface area contributed by atoms with Crippen LogP contribution in [0.2, 0.25) is 0 Å². The van der Waals surface area contributed by atoms with Gasteiger partial charge in [0, 0.05) is 19.3 Å². The maximum Gasteiger partial charge on any atom is 0.416 e. The van der Waals surface area contributed by atoms with Gasteiger partial charge in [-0.25, -0.2) is 0 Å². The molecule has 94 valence electrons. The van der Waals surface area contributed by atoms with Crippen molar-refractivity contribution in [2.45, 2.75) is 6.18 Å². The van der Waals surface area contributed by atoms with Gasteiger partial charge in [-0.15, -0.1) is 0 Å². The Morgan fingerprint density at radius 2 is 2.00 bits per heavy atom. The average molecular weight is 245 g/mol. The molecule has 0 saturated carbocycles. The Bertz CT molecular complexity index is 426. The molecule has 1 rings (SSSR count). The van der Waals surface area contributed by atoms with Crippen molar-refractivity contribution in [3.8, 4) is 0 Å². The molecule has 3 nitrogen and oxygen atoms in total. The zero-order valence-corrected chi connectivity index (χ0v) is 9.38. The summed E-state index contributed by atoms with van der Waals surface area (Å²) in [5.41, 5.74) is 11.3. The maximum atomic E-state index is 12.4. The standard InChI is InChI=1S/C11H14F3N3/c1-7(6-15)17(2)10-4-3-8(5-9(10)16)11(12,13)14/h3-5H,1,6,15-16H2,2H3.